The predicted molar refractivity (Wildman–Crippen MR) is 111 cm³/mol. The Balaban J connectivity index is 1.94. The summed E-state index contributed by atoms with van der Waals surface area (Å²) in [7, 11) is 0. The van der Waals surface area contributed by atoms with Gasteiger partial charge in [0.2, 0.25) is 5.91 Å². The van der Waals surface area contributed by atoms with Crippen LogP contribution in [0.15, 0.2) is 53.6 Å². The minimum atomic E-state index is -0.344. The molecule has 1 aliphatic rings. The summed E-state index contributed by atoms with van der Waals surface area (Å²) in [6.45, 7) is 1.83. The van der Waals surface area contributed by atoms with Crippen LogP contribution in [0.5, 0.6) is 5.75 Å². The molecule has 0 heterocycles. The van der Waals surface area contributed by atoms with Gasteiger partial charge in [0.25, 0.3) is 0 Å². The van der Waals surface area contributed by atoms with Crippen LogP contribution in [0.3, 0.4) is 0 Å². The van der Waals surface area contributed by atoms with Crippen LogP contribution in [-0.4, -0.2) is 24.1 Å². The maximum absolute atomic E-state index is 12.8. The monoisotopic (exact) mass is 418 g/mol. The quantitative estimate of drug-likeness (QED) is 0.326. The number of hydrogen-bond donors (Lipinski definition) is 0. The first-order chi connectivity index (χ1) is 13.5. The molecule has 8 heteroatoms. The van der Waals surface area contributed by atoms with Crippen LogP contribution in [0.1, 0.15) is 26.2 Å². The first-order valence-corrected chi connectivity index (χ1v) is 9.82. The van der Waals surface area contributed by atoms with Gasteiger partial charge in [0, 0.05) is 29.1 Å². The minimum absolute atomic E-state index is 0.0134. The second-order valence-corrected chi connectivity index (χ2v) is 7.40. The molecule has 1 saturated carbocycles. The van der Waals surface area contributed by atoms with Gasteiger partial charge in [-0.2, -0.15) is 0 Å². The maximum Gasteiger partial charge on any atom is 0.227 e. The van der Waals surface area contributed by atoms with Gasteiger partial charge in [-0.3, -0.25) is 4.79 Å². The van der Waals surface area contributed by atoms with Crippen molar-refractivity contribution in [1.29, 1.82) is 0 Å². The molecule has 28 heavy (non-hydrogen) atoms. The zero-order chi connectivity index (χ0) is 20.1. The van der Waals surface area contributed by atoms with Crippen molar-refractivity contribution in [3.05, 3.63) is 69.0 Å². The van der Waals surface area contributed by atoms with Crippen LogP contribution < -0.4 is 9.64 Å². The van der Waals surface area contributed by atoms with Crippen molar-refractivity contribution in [3.63, 3.8) is 0 Å². The van der Waals surface area contributed by atoms with E-state index in [-0.39, 0.29) is 24.1 Å². The van der Waals surface area contributed by atoms with Crippen molar-refractivity contribution in [1.82, 2.24) is 0 Å². The van der Waals surface area contributed by atoms with Gasteiger partial charge in [0.15, 0.2) is 0 Å². The largest absolute Gasteiger partial charge is 0.488 e. The van der Waals surface area contributed by atoms with E-state index in [2.05, 4.69) is 10.0 Å². The fourth-order valence-corrected chi connectivity index (χ4v) is 3.81. The van der Waals surface area contributed by atoms with Gasteiger partial charge in [-0.05, 0) is 42.6 Å². The molecule has 0 N–H and O–H groups in total. The molecule has 3 rings (SSSR count). The summed E-state index contributed by atoms with van der Waals surface area (Å²) in [6, 6.07) is 14.0. The number of ether oxygens (including phenoxy) is 1. The lowest BCUT2D eigenvalue weighted by Gasteiger charge is -2.33. The van der Waals surface area contributed by atoms with Crippen molar-refractivity contribution in [3.8, 4) is 5.75 Å². The van der Waals surface area contributed by atoms with E-state index < -0.39 is 0 Å². The third-order valence-corrected chi connectivity index (χ3v) is 5.52. The molecule has 3 unspecified atom stereocenters. The summed E-state index contributed by atoms with van der Waals surface area (Å²) < 4.78 is 6.18. The number of halogens is 2. The van der Waals surface area contributed by atoms with Gasteiger partial charge in [-0.1, -0.05) is 53.4 Å². The van der Waals surface area contributed by atoms with Crippen molar-refractivity contribution in [2.45, 2.75) is 44.4 Å². The molecule has 1 aliphatic carbocycles. The summed E-state index contributed by atoms with van der Waals surface area (Å²) in [5.74, 6) is 0.545. The summed E-state index contributed by atoms with van der Waals surface area (Å²) in [6.07, 6.45) is 1.05. The number of amides is 1. The van der Waals surface area contributed by atoms with Crippen LogP contribution in [0, 0.1) is 0 Å². The van der Waals surface area contributed by atoms with Gasteiger partial charge in [-0.15, -0.1) is 0 Å². The molecule has 0 spiro atoms. The number of anilines is 1. The maximum atomic E-state index is 12.8. The van der Waals surface area contributed by atoms with E-state index in [1.54, 1.807) is 23.1 Å². The second-order valence-electron chi connectivity index (χ2n) is 6.58. The minimum Gasteiger partial charge on any atom is -0.488 e. The first kappa shape index (κ1) is 20.3. The molecular formula is C20H20Cl2N4O2. The average molecular weight is 419 g/mol. The fraction of sp³-hybridized carbons (Fsp3) is 0.350. The molecule has 0 radical (unpaired) electrons. The predicted octanol–water partition coefficient (Wildman–Crippen LogP) is 6.03. The normalized spacial score (nSPS) is 21.0. The first-order valence-electron chi connectivity index (χ1n) is 9.06. The zero-order valence-corrected chi connectivity index (χ0v) is 16.8. The van der Waals surface area contributed by atoms with E-state index >= 15 is 0 Å². The van der Waals surface area contributed by atoms with E-state index in [0.717, 1.165) is 5.69 Å². The Labute approximate surface area is 173 Å². The van der Waals surface area contributed by atoms with E-state index in [1.807, 2.05) is 37.3 Å². The third kappa shape index (κ3) is 4.53. The second kappa shape index (κ2) is 9.20. The molecular weight excluding hydrogens is 399 g/mol. The van der Waals surface area contributed by atoms with Gasteiger partial charge in [0.1, 0.15) is 11.9 Å². The Morgan fingerprint density at radius 1 is 1.21 bits per heavy atom. The lowest BCUT2D eigenvalue weighted by atomic mass is 10.1. The van der Waals surface area contributed by atoms with Gasteiger partial charge in [-0.25, -0.2) is 0 Å². The van der Waals surface area contributed by atoms with Crippen LogP contribution in [0.2, 0.25) is 10.0 Å². The lowest BCUT2D eigenvalue weighted by molar-refractivity contribution is -0.119. The van der Waals surface area contributed by atoms with Crippen LogP contribution in [0.25, 0.3) is 10.4 Å². The molecule has 0 bridgehead atoms. The summed E-state index contributed by atoms with van der Waals surface area (Å²) in [4.78, 5) is 17.5. The highest BCUT2D eigenvalue weighted by Crippen LogP contribution is 2.35. The molecule has 2 aromatic rings. The molecule has 1 fully saturated rings. The molecule has 0 aromatic heterocycles. The highest BCUT2D eigenvalue weighted by molar-refractivity contribution is 6.42. The number of para-hydroxylation sites is 1. The molecule has 0 aliphatic heterocycles. The number of carbonyl (C=O) groups is 1. The topological polar surface area (TPSA) is 78.3 Å². The Hall–Kier alpha value is -2.40. The smallest absolute Gasteiger partial charge is 0.227 e. The van der Waals surface area contributed by atoms with E-state index in [0.29, 0.717) is 35.1 Å². The SMILES string of the molecule is CCC(=O)N(c1ccccc1)C1CC(N=[N+]=[N-])CC1Oc1ccc(Cl)c(Cl)c1. The molecule has 146 valence electrons. The number of hydrogen-bond acceptors (Lipinski definition) is 3. The van der Waals surface area contributed by atoms with Crippen LogP contribution in [-0.2, 0) is 4.79 Å². The highest BCUT2D eigenvalue weighted by atomic mass is 35.5. The molecule has 3 atom stereocenters. The van der Waals surface area contributed by atoms with Crippen molar-refractivity contribution in [2.75, 3.05) is 4.90 Å². The number of azide groups is 1. The molecule has 2 aromatic carbocycles. The molecule has 0 saturated heterocycles. The Morgan fingerprint density at radius 2 is 1.96 bits per heavy atom. The van der Waals surface area contributed by atoms with Gasteiger partial charge >= 0.3 is 0 Å². The van der Waals surface area contributed by atoms with Crippen molar-refractivity contribution in [2.24, 2.45) is 5.11 Å². The van der Waals surface area contributed by atoms with Crippen molar-refractivity contribution >= 4 is 34.8 Å². The van der Waals surface area contributed by atoms with E-state index in [1.165, 1.54) is 0 Å². The number of carbonyl (C=O) groups excluding carboxylic acids is 1. The Bertz CT molecular complexity index is 887. The fourth-order valence-electron chi connectivity index (χ4n) is 3.52. The number of nitrogens with zero attached hydrogens (tertiary/aromatic N) is 4. The van der Waals surface area contributed by atoms with Gasteiger partial charge in [0.05, 0.1) is 16.1 Å². The third-order valence-electron chi connectivity index (χ3n) is 4.78. The van der Waals surface area contributed by atoms with E-state index in [4.69, 9.17) is 33.5 Å². The highest BCUT2D eigenvalue weighted by Gasteiger charge is 2.41. The summed E-state index contributed by atoms with van der Waals surface area (Å²) in [5, 5.41) is 4.71. The standard InChI is InChI=1S/C20H20Cl2N4O2/c1-2-20(27)26(14-6-4-3-5-7-14)18-10-13(24-25-23)11-19(18)28-15-8-9-16(21)17(22)12-15/h3-9,12-13,18-19H,2,10-11H2,1H3. The number of rotatable bonds is 6. The Morgan fingerprint density at radius 3 is 2.61 bits per heavy atom. The van der Waals surface area contributed by atoms with Crippen LogP contribution in [0.4, 0.5) is 5.69 Å². The molecule has 1 amide bonds. The van der Waals surface area contributed by atoms with Gasteiger partial charge < -0.3 is 9.64 Å². The Kier molecular flexibility index (Phi) is 6.68. The van der Waals surface area contributed by atoms with Crippen LogP contribution >= 0.6 is 23.2 Å². The van der Waals surface area contributed by atoms with Crippen molar-refractivity contribution < 1.29 is 9.53 Å². The zero-order valence-electron chi connectivity index (χ0n) is 15.3. The average Bonchev–Trinajstić information content (AvgIpc) is 3.07. The number of benzene rings is 2. The summed E-state index contributed by atoms with van der Waals surface area (Å²) in [5.41, 5.74) is 9.67. The summed E-state index contributed by atoms with van der Waals surface area (Å²) >= 11 is 12.1. The lowest BCUT2D eigenvalue weighted by Crippen LogP contribution is -2.46. The molecule has 6 nitrogen and oxygen atoms in total. The van der Waals surface area contributed by atoms with E-state index in [9.17, 15) is 4.79 Å².